The Balaban J connectivity index is 1.72. The number of hydrogen-bond acceptors (Lipinski definition) is 3. The van der Waals surface area contributed by atoms with E-state index < -0.39 is 12.1 Å². The van der Waals surface area contributed by atoms with Crippen LogP contribution in [0.5, 0.6) is 5.75 Å². The number of nitrogens with zero attached hydrogens (tertiary/aromatic N) is 1. The minimum atomic E-state index is -0.758. The summed E-state index contributed by atoms with van der Waals surface area (Å²) in [7, 11) is 1.60. The molecule has 1 aliphatic rings. The van der Waals surface area contributed by atoms with Gasteiger partial charge >= 0.3 is 5.91 Å². The van der Waals surface area contributed by atoms with Crippen molar-refractivity contribution in [3.63, 3.8) is 0 Å². The molecule has 3 aromatic carbocycles. The second-order valence-corrected chi connectivity index (χ2v) is 6.93. The fraction of sp³-hybridized carbons (Fsp3) is 0.125. The lowest BCUT2D eigenvalue weighted by molar-refractivity contribution is -0.596. The molecular weight excluding hydrogens is 378 g/mol. The largest absolute Gasteiger partial charge is 0.496 e. The molecule has 0 aromatic heterocycles. The third-order valence-corrected chi connectivity index (χ3v) is 5.02. The van der Waals surface area contributed by atoms with E-state index in [9.17, 15) is 9.59 Å². The highest BCUT2D eigenvalue weighted by molar-refractivity contribution is 5.98. The molecule has 0 aliphatic carbocycles. The molecule has 0 spiro atoms. The smallest absolute Gasteiger partial charge is 0.304 e. The Morgan fingerprint density at radius 3 is 2.30 bits per heavy atom. The van der Waals surface area contributed by atoms with Crippen LogP contribution in [0, 0.1) is 0 Å². The summed E-state index contributed by atoms with van der Waals surface area (Å²) in [4.78, 5) is 25.6. The molecule has 2 amide bonds. The van der Waals surface area contributed by atoms with E-state index in [0.29, 0.717) is 11.3 Å². The predicted molar refractivity (Wildman–Crippen MR) is 113 cm³/mol. The molecule has 1 heterocycles. The summed E-state index contributed by atoms with van der Waals surface area (Å²) in [6.07, 6.45) is 1.82. The van der Waals surface area contributed by atoms with Gasteiger partial charge < -0.3 is 10.1 Å². The van der Waals surface area contributed by atoms with Crippen molar-refractivity contribution in [1.29, 1.82) is 0 Å². The number of ether oxygens (including phenoxy) is 1. The molecule has 2 N–H and O–H groups in total. The van der Waals surface area contributed by atoms with Crippen molar-refractivity contribution in [2.45, 2.75) is 12.1 Å². The van der Waals surface area contributed by atoms with Crippen molar-refractivity contribution in [3.05, 3.63) is 102 Å². The minimum Gasteiger partial charge on any atom is -0.496 e. The Morgan fingerprint density at radius 2 is 1.60 bits per heavy atom. The van der Waals surface area contributed by atoms with Gasteiger partial charge in [-0.05, 0) is 24.3 Å². The number of nitrogens with one attached hydrogen (secondary N) is 2. The fourth-order valence-electron chi connectivity index (χ4n) is 3.57. The second kappa shape index (κ2) is 8.61. The molecule has 0 unspecified atom stereocenters. The molecule has 0 saturated carbocycles. The first kappa shape index (κ1) is 19.4. The number of benzene rings is 3. The zero-order valence-electron chi connectivity index (χ0n) is 16.5. The average molecular weight is 400 g/mol. The van der Waals surface area contributed by atoms with Gasteiger partial charge in [0.15, 0.2) is 6.04 Å². The van der Waals surface area contributed by atoms with Gasteiger partial charge in [0, 0.05) is 11.1 Å². The normalized spacial score (nSPS) is 19.4. The number of hydrazine groups is 1. The summed E-state index contributed by atoms with van der Waals surface area (Å²) < 4.78 is 7.16. The van der Waals surface area contributed by atoms with Gasteiger partial charge in [-0.15, -0.1) is 10.1 Å². The lowest BCUT2D eigenvalue weighted by Gasteiger charge is -2.14. The maximum atomic E-state index is 12.9. The zero-order valence-corrected chi connectivity index (χ0v) is 16.5. The molecule has 3 aromatic rings. The second-order valence-electron chi connectivity index (χ2n) is 6.93. The van der Waals surface area contributed by atoms with Gasteiger partial charge in [-0.2, -0.15) is 0 Å². The van der Waals surface area contributed by atoms with Crippen LogP contribution < -0.4 is 15.5 Å². The van der Waals surface area contributed by atoms with E-state index in [1.165, 1.54) is 0 Å². The van der Waals surface area contributed by atoms with Gasteiger partial charge in [0.2, 0.25) is 12.3 Å². The summed E-state index contributed by atoms with van der Waals surface area (Å²) in [5.41, 5.74) is 5.10. The van der Waals surface area contributed by atoms with Gasteiger partial charge in [-0.25, -0.2) is 0 Å². The summed E-state index contributed by atoms with van der Waals surface area (Å²) >= 11 is 0. The van der Waals surface area contributed by atoms with Crippen LogP contribution >= 0.6 is 0 Å². The molecule has 6 nitrogen and oxygen atoms in total. The van der Waals surface area contributed by atoms with Crippen molar-refractivity contribution in [2.24, 2.45) is 0 Å². The number of methoxy groups -OCH3 is 1. The van der Waals surface area contributed by atoms with Crippen LogP contribution in [0.25, 0.3) is 0 Å². The van der Waals surface area contributed by atoms with Gasteiger partial charge in [-0.1, -0.05) is 60.7 Å². The number of carbonyl (C=O) groups is 2. The van der Waals surface area contributed by atoms with E-state index in [-0.39, 0.29) is 11.8 Å². The molecule has 6 heteroatoms. The SMILES string of the molecule is COc1ccccc1/C=[N+]1\NC(=O)[C@H](NC(=O)c2ccccc2)[C@@H]1c1ccccc1. The highest BCUT2D eigenvalue weighted by Crippen LogP contribution is 2.26. The number of hydrogen-bond donors (Lipinski definition) is 2. The van der Waals surface area contributed by atoms with Crippen LogP contribution in [0.4, 0.5) is 0 Å². The summed E-state index contributed by atoms with van der Waals surface area (Å²) in [6.45, 7) is 0. The lowest BCUT2D eigenvalue weighted by atomic mass is 10.00. The van der Waals surface area contributed by atoms with E-state index in [1.807, 2.05) is 66.9 Å². The Morgan fingerprint density at radius 1 is 0.967 bits per heavy atom. The summed E-state index contributed by atoms with van der Waals surface area (Å²) in [5.74, 6) is 0.116. The first-order chi connectivity index (χ1) is 14.7. The van der Waals surface area contributed by atoms with Crippen LogP contribution in [0.2, 0.25) is 0 Å². The molecule has 0 bridgehead atoms. The topological polar surface area (TPSA) is 70.4 Å². The zero-order chi connectivity index (χ0) is 20.9. The highest BCUT2D eigenvalue weighted by atomic mass is 16.5. The summed E-state index contributed by atoms with van der Waals surface area (Å²) in [6, 6.07) is 24.9. The van der Waals surface area contributed by atoms with Crippen molar-refractivity contribution in [1.82, 2.24) is 10.7 Å². The van der Waals surface area contributed by atoms with Crippen LogP contribution in [-0.2, 0) is 4.79 Å². The van der Waals surface area contributed by atoms with Gasteiger partial charge in [0.25, 0.3) is 5.91 Å². The lowest BCUT2D eigenvalue weighted by Crippen LogP contribution is -2.42. The van der Waals surface area contributed by atoms with E-state index >= 15 is 0 Å². The molecule has 1 aliphatic heterocycles. The molecule has 150 valence electrons. The molecule has 4 rings (SSSR count). The highest BCUT2D eigenvalue weighted by Gasteiger charge is 2.47. The van der Waals surface area contributed by atoms with Gasteiger partial charge in [0.1, 0.15) is 5.75 Å². The van der Waals surface area contributed by atoms with Gasteiger partial charge in [-0.3, -0.25) is 9.59 Å². The first-order valence-electron chi connectivity index (χ1n) is 9.65. The number of para-hydroxylation sites is 1. The molecule has 1 fully saturated rings. The van der Waals surface area contributed by atoms with Crippen LogP contribution in [0.15, 0.2) is 84.9 Å². The third-order valence-electron chi connectivity index (χ3n) is 5.02. The molecule has 30 heavy (non-hydrogen) atoms. The molecule has 1 saturated heterocycles. The minimum absolute atomic E-state index is 0.278. The Hall–Kier alpha value is -3.93. The predicted octanol–water partition coefficient (Wildman–Crippen LogP) is 2.71. The monoisotopic (exact) mass is 400 g/mol. The Kier molecular flexibility index (Phi) is 5.57. The quantitative estimate of drug-likeness (QED) is 0.647. The molecular formula is C24H22N3O3+. The Bertz CT molecular complexity index is 1080. The maximum absolute atomic E-state index is 12.9. The fourth-order valence-corrected chi connectivity index (χ4v) is 3.57. The third kappa shape index (κ3) is 3.93. The van der Waals surface area contributed by atoms with Crippen LogP contribution in [0.3, 0.4) is 0 Å². The van der Waals surface area contributed by atoms with Crippen LogP contribution in [0.1, 0.15) is 27.5 Å². The standard InChI is InChI=1S/C24H21N3O3/c1-30-20-15-9-8-14-19(20)16-27-22(17-10-4-2-5-11-17)21(24(29)26-27)25-23(28)18-12-6-3-7-13-18/h2-16,21-22H,1H3,(H-,25,26,28,29)/p+1/b27-16-/t21-,22+/m1/s1. The average Bonchev–Trinajstić information content (AvgIpc) is 3.09. The number of amides is 2. The van der Waals surface area contributed by atoms with E-state index in [1.54, 1.807) is 36.1 Å². The molecule has 0 radical (unpaired) electrons. The van der Waals surface area contributed by atoms with Crippen molar-refractivity contribution in [2.75, 3.05) is 7.11 Å². The first-order valence-corrected chi connectivity index (χ1v) is 9.65. The number of carbonyl (C=O) groups excluding carboxylic acids is 2. The Labute approximate surface area is 174 Å². The number of rotatable bonds is 5. The maximum Gasteiger partial charge on any atom is 0.304 e. The van der Waals surface area contributed by atoms with E-state index in [2.05, 4.69) is 10.7 Å². The van der Waals surface area contributed by atoms with Crippen molar-refractivity contribution >= 4 is 18.0 Å². The van der Waals surface area contributed by atoms with Crippen molar-refractivity contribution < 1.29 is 19.0 Å². The van der Waals surface area contributed by atoms with E-state index in [4.69, 9.17) is 4.74 Å². The van der Waals surface area contributed by atoms with Crippen molar-refractivity contribution in [3.8, 4) is 5.75 Å². The van der Waals surface area contributed by atoms with Gasteiger partial charge in [0.05, 0.1) is 12.7 Å². The summed E-state index contributed by atoms with van der Waals surface area (Å²) in [5, 5.41) is 2.89. The number of hydrazone groups is 1. The van der Waals surface area contributed by atoms with E-state index in [0.717, 1.165) is 11.1 Å². The van der Waals surface area contributed by atoms with Crippen LogP contribution in [-0.4, -0.2) is 35.9 Å². The molecule has 2 atom stereocenters.